The lowest BCUT2D eigenvalue weighted by Crippen LogP contribution is -2.37. The van der Waals surface area contributed by atoms with Gasteiger partial charge in [-0.3, -0.25) is 4.79 Å². The molecule has 2 N–H and O–H groups in total. The van der Waals surface area contributed by atoms with Crippen LogP contribution in [0.25, 0.3) is 11.4 Å². The maximum atomic E-state index is 12.2. The third-order valence-electron chi connectivity index (χ3n) is 4.26. The number of rotatable bonds is 4. The molecule has 0 aromatic carbocycles. The largest absolute Gasteiger partial charge is 0.360 e. The van der Waals surface area contributed by atoms with Gasteiger partial charge in [-0.15, -0.1) is 0 Å². The summed E-state index contributed by atoms with van der Waals surface area (Å²) in [6.45, 7) is 1.49. The van der Waals surface area contributed by atoms with Crippen LogP contribution in [0.4, 0.5) is 5.95 Å². The zero-order chi connectivity index (χ0) is 17.2. The molecule has 4 heterocycles. The number of imidazole rings is 1. The van der Waals surface area contributed by atoms with E-state index in [2.05, 4.69) is 30.2 Å². The monoisotopic (exact) mass is 337 g/mol. The number of hydrogen-bond donors (Lipinski definition) is 2. The number of carbonyl (C=O) groups excluding carboxylic acids is 1. The van der Waals surface area contributed by atoms with E-state index in [-0.39, 0.29) is 11.9 Å². The van der Waals surface area contributed by atoms with Gasteiger partial charge in [0.15, 0.2) is 0 Å². The van der Waals surface area contributed by atoms with Gasteiger partial charge in [-0.1, -0.05) is 0 Å². The second-order valence-electron chi connectivity index (χ2n) is 6.16. The zero-order valence-electron chi connectivity index (χ0n) is 13.9. The lowest BCUT2D eigenvalue weighted by atomic mass is 10.2. The van der Waals surface area contributed by atoms with Gasteiger partial charge in [0.25, 0.3) is 5.91 Å². The molecule has 1 saturated heterocycles. The molecule has 25 heavy (non-hydrogen) atoms. The van der Waals surface area contributed by atoms with E-state index in [4.69, 9.17) is 0 Å². The van der Waals surface area contributed by atoms with Crippen molar-refractivity contribution >= 4 is 11.9 Å². The number of amides is 1. The Kier molecular flexibility index (Phi) is 3.93. The molecule has 0 radical (unpaired) electrons. The molecule has 8 heteroatoms. The smallest absolute Gasteiger partial charge is 0.271 e. The molecular formula is C17H19N7O. The maximum absolute atomic E-state index is 12.2. The Hall–Kier alpha value is -3.16. The van der Waals surface area contributed by atoms with Crippen LogP contribution in [0.3, 0.4) is 0 Å². The first-order valence-corrected chi connectivity index (χ1v) is 8.19. The summed E-state index contributed by atoms with van der Waals surface area (Å²) in [4.78, 5) is 30.6. The van der Waals surface area contributed by atoms with E-state index in [0.29, 0.717) is 18.2 Å². The average Bonchev–Trinajstić information content (AvgIpc) is 3.36. The first-order valence-electron chi connectivity index (χ1n) is 8.19. The fourth-order valence-electron chi connectivity index (χ4n) is 2.99. The van der Waals surface area contributed by atoms with Crippen LogP contribution in [0, 0.1) is 0 Å². The van der Waals surface area contributed by atoms with E-state index in [1.807, 2.05) is 31.4 Å². The topological polar surface area (TPSA) is 91.7 Å². The average molecular weight is 337 g/mol. The summed E-state index contributed by atoms with van der Waals surface area (Å²) in [5, 5.41) is 3.03. The molecule has 8 nitrogen and oxygen atoms in total. The third-order valence-corrected chi connectivity index (χ3v) is 4.26. The highest BCUT2D eigenvalue weighted by Gasteiger charge is 2.26. The van der Waals surface area contributed by atoms with E-state index >= 15 is 0 Å². The Balaban J connectivity index is 1.42. The van der Waals surface area contributed by atoms with Gasteiger partial charge in [0.1, 0.15) is 5.69 Å². The predicted octanol–water partition coefficient (Wildman–Crippen LogP) is 1.21. The molecule has 3 aromatic heterocycles. The van der Waals surface area contributed by atoms with Crippen LogP contribution < -0.4 is 10.2 Å². The fraction of sp³-hybridized carbons (Fsp3) is 0.294. The summed E-state index contributed by atoms with van der Waals surface area (Å²) < 4.78 is 1.76. The van der Waals surface area contributed by atoms with Crippen molar-refractivity contribution in [2.45, 2.75) is 12.5 Å². The van der Waals surface area contributed by atoms with Crippen molar-refractivity contribution in [3.63, 3.8) is 0 Å². The van der Waals surface area contributed by atoms with Crippen molar-refractivity contribution in [3.05, 3.63) is 48.8 Å². The highest BCUT2D eigenvalue weighted by molar-refractivity contribution is 5.92. The van der Waals surface area contributed by atoms with Crippen LogP contribution in [0.1, 0.15) is 16.9 Å². The lowest BCUT2D eigenvalue weighted by molar-refractivity contribution is 0.0935. The molecule has 0 saturated carbocycles. The first-order chi connectivity index (χ1) is 12.2. The highest BCUT2D eigenvalue weighted by Crippen LogP contribution is 2.20. The van der Waals surface area contributed by atoms with E-state index in [1.165, 1.54) is 0 Å². The molecule has 1 unspecified atom stereocenters. The number of nitrogens with zero attached hydrogens (tertiary/aromatic N) is 5. The number of nitrogens with one attached hydrogen (secondary N) is 2. The molecular weight excluding hydrogens is 318 g/mol. The van der Waals surface area contributed by atoms with Crippen LogP contribution in [-0.4, -0.2) is 49.5 Å². The fourth-order valence-corrected chi connectivity index (χ4v) is 2.99. The van der Waals surface area contributed by atoms with Gasteiger partial charge >= 0.3 is 0 Å². The molecule has 3 aromatic rings. The van der Waals surface area contributed by atoms with Crippen molar-refractivity contribution in [1.82, 2.24) is 29.8 Å². The number of aromatic nitrogens is 5. The van der Waals surface area contributed by atoms with Crippen LogP contribution in [-0.2, 0) is 7.05 Å². The highest BCUT2D eigenvalue weighted by atomic mass is 16.2. The molecule has 4 rings (SSSR count). The number of carbonyl (C=O) groups is 1. The summed E-state index contributed by atoms with van der Waals surface area (Å²) in [5.41, 5.74) is 2.25. The first kappa shape index (κ1) is 15.4. The molecule has 1 fully saturated rings. The van der Waals surface area contributed by atoms with Gasteiger partial charge in [-0.2, -0.15) is 0 Å². The minimum absolute atomic E-state index is 0.0623. The predicted molar refractivity (Wildman–Crippen MR) is 93.1 cm³/mol. The summed E-state index contributed by atoms with van der Waals surface area (Å²) >= 11 is 0. The Labute approximate surface area is 144 Å². The van der Waals surface area contributed by atoms with Gasteiger partial charge < -0.3 is 19.8 Å². The van der Waals surface area contributed by atoms with Crippen LogP contribution in [0.15, 0.2) is 43.1 Å². The van der Waals surface area contributed by atoms with Crippen molar-refractivity contribution in [3.8, 4) is 11.4 Å². The van der Waals surface area contributed by atoms with Crippen LogP contribution >= 0.6 is 0 Å². The summed E-state index contributed by atoms with van der Waals surface area (Å²) in [5.74, 6) is 0.537. The molecule has 1 atom stereocenters. The number of H-pyrrole nitrogens is 1. The van der Waals surface area contributed by atoms with Crippen LogP contribution in [0.2, 0.25) is 0 Å². The van der Waals surface area contributed by atoms with Gasteiger partial charge in [-0.05, 0) is 24.6 Å². The molecule has 0 bridgehead atoms. The second kappa shape index (κ2) is 6.39. The quantitative estimate of drug-likeness (QED) is 0.747. The third kappa shape index (κ3) is 3.23. The Bertz CT molecular complexity index is 871. The van der Waals surface area contributed by atoms with E-state index in [9.17, 15) is 4.79 Å². The Morgan fingerprint density at radius 1 is 1.36 bits per heavy atom. The van der Waals surface area contributed by atoms with E-state index in [1.54, 1.807) is 23.3 Å². The summed E-state index contributed by atoms with van der Waals surface area (Å²) in [6.07, 6.45) is 7.82. The number of hydrogen-bond acceptors (Lipinski definition) is 5. The molecule has 0 aliphatic carbocycles. The summed E-state index contributed by atoms with van der Waals surface area (Å²) in [7, 11) is 1.84. The molecule has 1 aliphatic heterocycles. The second-order valence-corrected chi connectivity index (χ2v) is 6.16. The SMILES string of the molecule is Cn1cnc(C(=O)NC2CCN(c3nccc(-c4ccc[nH]4)n3)C2)c1. The van der Waals surface area contributed by atoms with Crippen LogP contribution in [0.5, 0.6) is 0 Å². The minimum atomic E-state index is -0.145. The lowest BCUT2D eigenvalue weighted by Gasteiger charge is -2.17. The molecule has 1 aliphatic rings. The number of aryl methyl sites for hydroxylation is 1. The minimum Gasteiger partial charge on any atom is -0.360 e. The normalized spacial score (nSPS) is 17.0. The molecule has 128 valence electrons. The molecule has 0 spiro atoms. The van der Waals surface area contributed by atoms with E-state index < -0.39 is 0 Å². The van der Waals surface area contributed by atoms with Gasteiger partial charge in [0, 0.05) is 44.8 Å². The van der Waals surface area contributed by atoms with Gasteiger partial charge in [0.05, 0.1) is 17.7 Å². The van der Waals surface area contributed by atoms with Crippen molar-refractivity contribution in [2.75, 3.05) is 18.0 Å². The Morgan fingerprint density at radius 2 is 2.28 bits per heavy atom. The summed E-state index contributed by atoms with van der Waals surface area (Å²) in [6, 6.07) is 5.86. The van der Waals surface area contributed by atoms with E-state index in [0.717, 1.165) is 24.4 Å². The Morgan fingerprint density at radius 3 is 3.04 bits per heavy atom. The standard InChI is InChI=1S/C17H19N7O/c1-23-10-15(20-11-23)16(25)21-12-5-8-24(9-12)17-19-7-4-14(22-17)13-3-2-6-18-13/h2-4,6-7,10-12,18H,5,8-9H2,1H3,(H,21,25). The van der Waals surface area contributed by atoms with Crippen molar-refractivity contribution < 1.29 is 4.79 Å². The van der Waals surface area contributed by atoms with Crippen molar-refractivity contribution in [1.29, 1.82) is 0 Å². The maximum Gasteiger partial charge on any atom is 0.271 e. The number of aromatic amines is 1. The number of anilines is 1. The zero-order valence-corrected chi connectivity index (χ0v) is 13.9. The van der Waals surface area contributed by atoms with Gasteiger partial charge in [0.2, 0.25) is 5.95 Å². The van der Waals surface area contributed by atoms with Crippen molar-refractivity contribution in [2.24, 2.45) is 7.05 Å². The van der Waals surface area contributed by atoms with Gasteiger partial charge in [-0.25, -0.2) is 15.0 Å². The molecule has 1 amide bonds.